The standard InChI is InChI=1S/C53H34N4S/c1-3-16-33(17-4-1)43-32-48(55-52(54-43)34-18-5-2-6-19-34)57-45-27-12-8-21-36(45)38-30-31-42-51(50(38)57)58-47-29-14-10-24-40(47)53(42)39-23-9-13-28-46(39)56-44-26-11-7-20-35(44)37-22-15-25-41(53)49(37)56/h1-3,5-16,18-32H,4,17H2. The molecular weight excluding hydrogens is 725 g/mol. The Bertz CT molecular complexity index is 3440. The molecule has 5 heteroatoms. The van der Waals surface area contributed by atoms with Crippen LogP contribution in [0, 0.1) is 0 Å². The smallest absolute Gasteiger partial charge is 0.162 e. The first kappa shape index (κ1) is 32.2. The minimum absolute atomic E-state index is 0.585. The van der Waals surface area contributed by atoms with Crippen molar-refractivity contribution in [3.05, 3.63) is 210 Å². The average Bonchev–Trinajstić information content (AvgIpc) is 3.82. The van der Waals surface area contributed by atoms with E-state index in [-0.39, 0.29) is 0 Å². The van der Waals surface area contributed by atoms with Gasteiger partial charge in [-0.1, -0.05) is 163 Å². The number of nitrogens with zero attached hydrogens (tertiary/aromatic N) is 4. The number of hydrogen-bond acceptors (Lipinski definition) is 3. The summed E-state index contributed by atoms with van der Waals surface area (Å²) < 4.78 is 4.95. The van der Waals surface area contributed by atoms with Crippen LogP contribution in [-0.2, 0) is 5.41 Å². The van der Waals surface area contributed by atoms with Crippen LogP contribution in [0.1, 0.15) is 40.8 Å². The molecule has 0 N–H and O–H groups in total. The number of aromatic nitrogens is 4. The van der Waals surface area contributed by atoms with Crippen molar-refractivity contribution in [3.63, 3.8) is 0 Å². The highest BCUT2D eigenvalue weighted by molar-refractivity contribution is 7.99. The molecular formula is C53H34N4S. The first-order chi connectivity index (χ1) is 28.8. The zero-order valence-corrected chi connectivity index (χ0v) is 32.2. The van der Waals surface area contributed by atoms with Crippen molar-refractivity contribution < 1.29 is 0 Å². The molecule has 5 heterocycles. The molecule has 3 aliphatic rings. The molecule has 0 fully saturated rings. The largest absolute Gasteiger partial charge is 0.309 e. The molecule has 13 rings (SSSR count). The molecule has 0 amide bonds. The van der Waals surface area contributed by atoms with E-state index in [1.165, 1.54) is 81.4 Å². The van der Waals surface area contributed by atoms with Crippen molar-refractivity contribution in [3.8, 4) is 22.9 Å². The third-order valence-electron chi connectivity index (χ3n) is 12.7. The maximum Gasteiger partial charge on any atom is 0.162 e. The van der Waals surface area contributed by atoms with Gasteiger partial charge in [0.2, 0.25) is 0 Å². The van der Waals surface area contributed by atoms with E-state index in [1.54, 1.807) is 0 Å². The number of rotatable bonds is 3. The van der Waals surface area contributed by atoms with E-state index in [0.717, 1.165) is 41.3 Å². The molecule has 0 bridgehead atoms. The molecule has 10 aromatic rings. The zero-order chi connectivity index (χ0) is 38.0. The lowest BCUT2D eigenvalue weighted by molar-refractivity contribution is 0.691. The van der Waals surface area contributed by atoms with Crippen LogP contribution in [0.5, 0.6) is 0 Å². The second kappa shape index (κ2) is 12.0. The lowest BCUT2D eigenvalue weighted by Crippen LogP contribution is -2.37. The summed E-state index contributed by atoms with van der Waals surface area (Å²) in [4.78, 5) is 13.2. The second-order valence-corrected chi connectivity index (χ2v) is 16.6. The van der Waals surface area contributed by atoms with Crippen molar-refractivity contribution in [2.24, 2.45) is 0 Å². The number of hydrogen-bond donors (Lipinski definition) is 0. The first-order valence-corrected chi connectivity index (χ1v) is 20.9. The van der Waals surface area contributed by atoms with E-state index in [0.29, 0.717) is 0 Å². The van der Waals surface area contributed by atoms with Gasteiger partial charge in [0.15, 0.2) is 5.82 Å². The summed E-state index contributed by atoms with van der Waals surface area (Å²) in [5.74, 6) is 1.60. The topological polar surface area (TPSA) is 35.6 Å². The number of para-hydroxylation sites is 4. The van der Waals surface area contributed by atoms with E-state index < -0.39 is 5.41 Å². The van der Waals surface area contributed by atoms with Crippen LogP contribution in [0.15, 0.2) is 192 Å². The van der Waals surface area contributed by atoms with Crippen molar-refractivity contribution in [2.45, 2.75) is 28.0 Å². The van der Waals surface area contributed by atoms with Gasteiger partial charge in [0.05, 0.1) is 38.9 Å². The fraction of sp³-hybridized carbons (Fsp3) is 0.0566. The maximum absolute atomic E-state index is 5.45. The van der Waals surface area contributed by atoms with Crippen molar-refractivity contribution >= 4 is 60.9 Å². The van der Waals surface area contributed by atoms with E-state index >= 15 is 0 Å². The van der Waals surface area contributed by atoms with Crippen LogP contribution < -0.4 is 0 Å². The molecule has 1 unspecified atom stereocenters. The van der Waals surface area contributed by atoms with Gasteiger partial charge in [0.1, 0.15) is 5.82 Å². The summed E-state index contributed by atoms with van der Waals surface area (Å²) >= 11 is 1.90. The summed E-state index contributed by atoms with van der Waals surface area (Å²) in [5, 5.41) is 4.98. The van der Waals surface area contributed by atoms with Crippen LogP contribution in [0.2, 0.25) is 0 Å². The SMILES string of the molecule is C1=CCCC(c2cc(-n3c4ccccc4c4ccc5c(c43)Sc3ccccc3C53c4ccccc4-n4c5ccccc5c5cccc3c54)nc(-c3ccccc3)n2)=C1. The number of benzene rings is 7. The lowest BCUT2D eigenvalue weighted by Gasteiger charge is -2.45. The molecule has 272 valence electrons. The quantitative estimate of drug-likeness (QED) is 0.180. The molecule has 0 saturated heterocycles. The van der Waals surface area contributed by atoms with E-state index in [1.807, 2.05) is 11.8 Å². The molecule has 4 nitrogen and oxygen atoms in total. The number of allylic oxidation sites excluding steroid dienone is 4. The van der Waals surface area contributed by atoms with Crippen molar-refractivity contribution in [1.29, 1.82) is 0 Å². The summed E-state index contributed by atoms with van der Waals surface area (Å²) in [6.45, 7) is 0. The lowest BCUT2D eigenvalue weighted by atomic mass is 9.62. The second-order valence-electron chi connectivity index (χ2n) is 15.6. The monoisotopic (exact) mass is 758 g/mol. The molecule has 7 aromatic carbocycles. The van der Waals surface area contributed by atoms with Gasteiger partial charge in [-0.2, -0.15) is 0 Å². The Labute approximate surface area is 339 Å². The summed E-state index contributed by atoms with van der Waals surface area (Å²) in [5.41, 5.74) is 13.9. The number of fused-ring (bicyclic) bond motifs is 15. The Hall–Kier alpha value is -6.95. The van der Waals surface area contributed by atoms with Gasteiger partial charge in [0, 0.05) is 43.0 Å². The van der Waals surface area contributed by atoms with Gasteiger partial charge < -0.3 is 4.57 Å². The molecule has 3 aromatic heterocycles. The minimum atomic E-state index is -0.585. The summed E-state index contributed by atoms with van der Waals surface area (Å²) in [6, 6.07) is 60.3. The Balaban J connectivity index is 1.19. The molecule has 2 aliphatic heterocycles. The molecule has 0 radical (unpaired) electrons. The van der Waals surface area contributed by atoms with E-state index in [4.69, 9.17) is 9.97 Å². The Kier molecular flexibility index (Phi) is 6.67. The van der Waals surface area contributed by atoms with Gasteiger partial charge in [-0.05, 0) is 64.9 Å². The molecule has 1 atom stereocenters. The average molecular weight is 759 g/mol. The maximum atomic E-state index is 5.45. The fourth-order valence-corrected chi connectivity index (χ4v) is 11.6. The predicted octanol–water partition coefficient (Wildman–Crippen LogP) is 13.2. The van der Waals surface area contributed by atoms with Gasteiger partial charge in [-0.15, -0.1) is 0 Å². The predicted molar refractivity (Wildman–Crippen MR) is 238 cm³/mol. The highest BCUT2D eigenvalue weighted by Crippen LogP contribution is 2.62. The van der Waals surface area contributed by atoms with Crippen LogP contribution in [0.4, 0.5) is 0 Å². The summed E-state index contributed by atoms with van der Waals surface area (Å²) in [6.07, 6.45) is 8.56. The molecule has 58 heavy (non-hydrogen) atoms. The van der Waals surface area contributed by atoms with Crippen LogP contribution in [-0.4, -0.2) is 19.1 Å². The van der Waals surface area contributed by atoms with Gasteiger partial charge >= 0.3 is 0 Å². The Morgan fingerprint density at radius 3 is 2.05 bits per heavy atom. The van der Waals surface area contributed by atoms with E-state index in [9.17, 15) is 0 Å². The van der Waals surface area contributed by atoms with Crippen molar-refractivity contribution in [2.75, 3.05) is 0 Å². The van der Waals surface area contributed by atoms with E-state index in [2.05, 4.69) is 191 Å². The van der Waals surface area contributed by atoms with Crippen LogP contribution in [0.25, 0.3) is 72.1 Å². The summed E-state index contributed by atoms with van der Waals surface area (Å²) in [7, 11) is 0. The van der Waals surface area contributed by atoms with Crippen LogP contribution >= 0.6 is 11.8 Å². The highest BCUT2D eigenvalue weighted by atomic mass is 32.2. The van der Waals surface area contributed by atoms with Crippen LogP contribution in [0.3, 0.4) is 0 Å². The fourth-order valence-electron chi connectivity index (χ4n) is 10.3. The third kappa shape index (κ3) is 4.21. The molecule has 1 spiro atoms. The molecule has 0 saturated carbocycles. The molecule has 1 aliphatic carbocycles. The van der Waals surface area contributed by atoms with Gasteiger partial charge in [-0.25, -0.2) is 9.97 Å². The van der Waals surface area contributed by atoms with Gasteiger partial charge in [-0.3, -0.25) is 4.57 Å². The zero-order valence-electron chi connectivity index (χ0n) is 31.4. The first-order valence-electron chi connectivity index (χ1n) is 20.1. The normalized spacial score (nSPS) is 16.5. The van der Waals surface area contributed by atoms with Crippen molar-refractivity contribution in [1.82, 2.24) is 19.1 Å². The third-order valence-corrected chi connectivity index (χ3v) is 13.9. The Morgan fingerprint density at radius 2 is 1.22 bits per heavy atom. The Morgan fingerprint density at radius 1 is 0.534 bits per heavy atom. The van der Waals surface area contributed by atoms with Gasteiger partial charge in [0.25, 0.3) is 0 Å². The highest BCUT2D eigenvalue weighted by Gasteiger charge is 2.50. The minimum Gasteiger partial charge on any atom is -0.309 e.